The number of anilines is 2. The van der Waals surface area contributed by atoms with Crippen molar-refractivity contribution in [1.82, 2.24) is 0 Å². The number of rotatable bonds is 7. The molecule has 0 spiro atoms. The van der Waals surface area contributed by atoms with Gasteiger partial charge in [-0.2, -0.15) is 0 Å². The van der Waals surface area contributed by atoms with Gasteiger partial charge in [-0.15, -0.1) is 0 Å². The van der Waals surface area contributed by atoms with Gasteiger partial charge in [0.1, 0.15) is 11.5 Å². The van der Waals surface area contributed by atoms with Crippen LogP contribution in [0.1, 0.15) is 26.0 Å². The van der Waals surface area contributed by atoms with Gasteiger partial charge in [0, 0.05) is 24.2 Å². The van der Waals surface area contributed by atoms with Crippen molar-refractivity contribution in [2.24, 2.45) is 0 Å². The van der Waals surface area contributed by atoms with Crippen LogP contribution in [0.2, 0.25) is 0 Å². The predicted molar refractivity (Wildman–Crippen MR) is 82.1 cm³/mol. The van der Waals surface area contributed by atoms with Crippen LogP contribution in [0.4, 0.5) is 11.4 Å². The average Bonchev–Trinajstić information content (AvgIpc) is 2.94. The quantitative estimate of drug-likeness (QED) is 0.756. The minimum atomic E-state index is 0.346. The molecule has 0 saturated carbocycles. The Hall–Kier alpha value is -2.10. The fraction of sp³-hybridized carbons (Fsp3) is 0.375. The number of furan rings is 1. The third kappa shape index (κ3) is 3.95. The summed E-state index contributed by atoms with van der Waals surface area (Å²) >= 11 is 0. The standard InChI is InChI=1S/C16H22N2O2/c1-3-19-16-11-13(7-9-15(16)17)18-12(2)6-8-14-5-4-10-20-14/h4-5,7,9-12,18H,3,6,8,17H2,1-2H3. The number of hydrogen-bond acceptors (Lipinski definition) is 4. The van der Waals surface area contributed by atoms with Crippen LogP contribution in [-0.2, 0) is 6.42 Å². The molecule has 1 aromatic carbocycles. The number of hydrogen-bond donors (Lipinski definition) is 2. The van der Waals surface area contributed by atoms with Crippen molar-refractivity contribution in [2.45, 2.75) is 32.7 Å². The zero-order valence-corrected chi connectivity index (χ0v) is 12.1. The van der Waals surface area contributed by atoms with E-state index in [4.69, 9.17) is 14.9 Å². The van der Waals surface area contributed by atoms with E-state index in [2.05, 4.69) is 12.2 Å². The molecule has 0 fully saturated rings. The zero-order valence-electron chi connectivity index (χ0n) is 12.1. The van der Waals surface area contributed by atoms with Gasteiger partial charge in [0.05, 0.1) is 18.6 Å². The summed E-state index contributed by atoms with van der Waals surface area (Å²) in [6.45, 7) is 4.72. The number of aryl methyl sites for hydroxylation is 1. The summed E-state index contributed by atoms with van der Waals surface area (Å²) in [5.41, 5.74) is 7.55. The lowest BCUT2D eigenvalue weighted by Crippen LogP contribution is -2.16. The van der Waals surface area contributed by atoms with Crippen molar-refractivity contribution in [3.05, 3.63) is 42.4 Å². The minimum Gasteiger partial charge on any atom is -0.492 e. The molecule has 0 amide bonds. The van der Waals surface area contributed by atoms with Crippen molar-refractivity contribution in [2.75, 3.05) is 17.7 Å². The van der Waals surface area contributed by atoms with Gasteiger partial charge in [0.2, 0.25) is 0 Å². The van der Waals surface area contributed by atoms with Crippen LogP contribution < -0.4 is 15.8 Å². The Morgan fingerprint density at radius 1 is 1.35 bits per heavy atom. The van der Waals surface area contributed by atoms with Crippen molar-refractivity contribution < 1.29 is 9.15 Å². The van der Waals surface area contributed by atoms with Crippen LogP contribution in [0.25, 0.3) is 0 Å². The van der Waals surface area contributed by atoms with Crippen LogP contribution in [0.15, 0.2) is 41.0 Å². The third-order valence-corrected chi connectivity index (χ3v) is 3.13. The van der Waals surface area contributed by atoms with E-state index in [0.717, 1.165) is 30.0 Å². The highest BCUT2D eigenvalue weighted by Crippen LogP contribution is 2.26. The SMILES string of the molecule is CCOc1cc(NC(C)CCc2ccco2)ccc1N. The van der Waals surface area contributed by atoms with Crippen LogP contribution in [-0.4, -0.2) is 12.6 Å². The first-order chi connectivity index (χ1) is 9.69. The van der Waals surface area contributed by atoms with E-state index in [1.165, 1.54) is 0 Å². The van der Waals surface area contributed by atoms with E-state index >= 15 is 0 Å². The molecule has 4 heteroatoms. The highest BCUT2D eigenvalue weighted by Gasteiger charge is 2.06. The van der Waals surface area contributed by atoms with Gasteiger partial charge in [0.25, 0.3) is 0 Å². The molecule has 108 valence electrons. The van der Waals surface area contributed by atoms with Crippen molar-refractivity contribution in [1.29, 1.82) is 0 Å². The van der Waals surface area contributed by atoms with Gasteiger partial charge in [-0.05, 0) is 44.5 Å². The molecule has 1 atom stereocenters. The topological polar surface area (TPSA) is 60.4 Å². The Morgan fingerprint density at radius 2 is 2.20 bits per heavy atom. The summed E-state index contributed by atoms with van der Waals surface area (Å²) in [4.78, 5) is 0. The molecule has 20 heavy (non-hydrogen) atoms. The summed E-state index contributed by atoms with van der Waals surface area (Å²) in [6, 6.07) is 10.1. The van der Waals surface area contributed by atoms with E-state index in [1.54, 1.807) is 6.26 Å². The van der Waals surface area contributed by atoms with Gasteiger partial charge in [-0.3, -0.25) is 0 Å². The maximum absolute atomic E-state index is 5.86. The Labute approximate surface area is 119 Å². The van der Waals surface area contributed by atoms with Gasteiger partial charge in [0.15, 0.2) is 0 Å². The Balaban J connectivity index is 1.90. The second-order valence-electron chi connectivity index (χ2n) is 4.85. The molecule has 2 rings (SSSR count). The minimum absolute atomic E-state index is 0.346. The highest BCUT2D eigenvalue weighted by atomic mass is 16.5. The molecule has 4 nitrogen and oxygen atoms in total. The Morgan fingerprint density at radius 3 is 2.90 bits per heavy atom. The molecule has 1 heterocycles. The normalized spacial score (nSPS) is 12.1. The molecule has 1 unspecified atom stereocenters. The molecule has 0 aliphatic carbocycles. The predicted octanol–water partition coefficient (Wildman–Crippen LogP) is 3.69. The fourth-order valence-electron chi connectivity index (χ4n) is 2.07. The molecule has 0 saturated heterocycles. The van der Waals surface area contributed by atoms with Crippen molar-refractivity contribution >= 4 is 11.4 Å². The first-order valence-corrected chi connectivity index (χ1v) is 7.00. The van der Waals surface area contributed by atoms with Gasteiger partial charge < -0.3 is 20.2 Å². The molecule has 0 aliphatic rings. The number of nitrogen functional groups attached to an aromatic ring is 1. The second kappa shape index (κ2) is 6.89. The van der Waals surface area contributed by atoms with Crippen molar-refractivity contribution in [3.8, 4) is 5.75 Å². The number of ether oxygens (including phenoxy) is 1. The molecular weight excluding hydrogens is 252 g/mol. The van der Waals surface area contributed by atoms with Gasteiger partial charge >= 0.3 is 0 Å². The van der Waals surface area contributed by atoms with Crippen LogP contribution in [0.5, 0.6) is 5.75 Å². The van der Waals surface area contributed by atoms with Crippen LogP contribution in [0.3, 0.4) is 0 Å². The lowest BCUT2D eigenvalue weighted by Gasteiger charge is -2.16. The number of benzene rings is 1. The van der Waals surface area contributed by atoms with Gasteiger partial charge in [-0.25, -0.2) is 0 Å². The van der Waals surface area contributed by atoms with E-state index in [-0.39, 0.29) is 0 Å². The largest absolute Gasteiger partial charge is 0.492 e. The summed E-state index contributed by atoms with van der Waals surface area (Å²) in [5.74, 6) is 1.75. The maximum atomic E-state index is 5.86. The van der Waals surface area contributed by atoms with Gasteiger partial charge in [-0.1, -0.05) is 0 Å². The molecular formula is C16H22N2O2. The Kier molecular flexibility index (Phi) is 4.93. The van der Waals surface area contributed by atoms with Crippen molar-refractivity contribution in [3.63, 3.8) is 0 Å². The molecule has 0 aliphatic heterocycles. The molecule has 0 radical (unpaired) electrons. The number of nitrogens with two attached hydrogens (primary N) is 1. The molecule has 0 bridgehead atoms. The molecule has 3 N–H and O–H groups in total. The summed E-state index contributed by atoms with van der Waals surface area (Å²) in [6.07, 6.45) is 3.64. The zero-order chi connectivity index (χ0) is 14.4. The monoisotopic (exact) mass is 274 g/mol. The second-order valence-corrected chi connectivity index (χ2v) is 4.85. The maximum Gasteiger partial charge on any atom is 0.144 e. The van der Waals surface area contributed by atoms with Crippen LogP contribution in [0, 0.1) is 0 Å². The lowest BCUT2D eigenvalue weighted by molar-refractivity contribution is 0.342. The smallest absolute Gasteiger partial charge is 0.144 e. The first-order valence-electron chi connectivity index (χ1n) is 7.00. The van der Waals surface area contributed by atoms with E-state index in [9.17, 15) is 0 Å². The summed E-state index contributed by atoms with van der Waals surface area (Å²) in [7, 11) is 0. The van der Waals surface area contributed by atoms with E-state index in [1.807, 2.05) is 37.3 Å². The van der Waals surface area contributed by atoms with Crippen LogP contribution >= 0.6 is 0 Å². The van der Waals surface area contributed by atoms with E-state index in [0.29, 0.717) is 18.3 Å². The van der Waals surface area contributed by atoms with E-state index < -0.39 is 0 Å². The molecule has 2 aromatic rings. The third-order valence-electron chi connectivity index (χ3n) is 3.13. The fourth-order valence-corrected chi connectivity index (χ4v) is 2.07. The lowest BCUT2D eigenvalue weighted by atomic mass is 10.1. The highest BCUT2D eigenvalue weighted by molar-refractivity contribution is 5.61. The first kappa shape index (κ1) is 14.3. The summed E-state index contributed by atoms with van der Waals surface area (Å²) < 4.78 is 10.8. The molecule has 1 aromatic heterocycles. The number of nitrogens with one attached hydrogen (secondary N) is 1. The summed E-state index contributed by atoms with van der Waals surface area (Å²) in [5, 5.41) is 3.45. The Bertz CT molecular complexity index is 523. The average molecular weight is 274 g/mol.